The standard InChI is InChI=1S/C8H15N2.C8H12N.C2H6/c1-4-9-6-7-10(5-2)8(9)3;1-3-9-7-5-4-6-8(9)2;1-2/h6-7H,4-5H2,1-3H3;4-7H,3H2,1-2H3;1-2H3/q2*+1;. The van der Waals surface area contributed by atoms with E-state index in [0.29, 0.717) is 0 Å². The largest absolute Gasteiger partial charge is 0.253 e. The lowest BCUT2D eigenvalue weighted by molar-refractivity contribution is -0.699. The van der Waals surface area contributed by atoms with E-state index in [-0.39, 0.29) is 0 Å². The quantitative estimate of drug-likeness (QED) is 0.768. The smallest absolute Gasteiger partial charge is 0.235 e. The third kappa shape index (κ3) is 6.11. The lowest BCUT2D eigenvalue weighted by Crippen LogP contribution is -2.34. The van der Waals surface area contributed by atoms with Crippen LogP contribution >= 0.6 is 0 Å². The first kappa shape index (κ1) is 19.4. The number of aryl methyl sites for hydroxylation is 4. The van der Waals surface area contributed by atoms with Crippen LogP contribution in [0.25, 0.3) is 0 Å². The molecule has 0 aromatic carbocycles. The average Bonchev–Trinajstić information content (AvgIpc) is 2.90. The molecule has 0 saturated heterocycles. The summed E-state index contributed by atoms with van der Waals surface area (Å²) < 4.78 is 6.69. The first-order valence-corrected chi connectivity index (χ1v) is 8.14. The average molecular weight is 291 g/mol. The fraction of sp³-hybridized carbons (Fsp3) is 0.556. The summed E-state index contributed by atoms with van der Waals surface area (Å²) in [5, 5.41) is 0. The van der Waals surface area contributed by atoms with Crippen LogP contribution in [0.1, 0.15) is 46.1 Å². The lowest BCUT2D eigenvalue weighted by Gasteiger charge is -1.93. The van der Waals surface area contributed by atoms with Gasteiger partial charge >= 0.3 is 0 Å². The zero-order valence-electron chi connectivity index (χ0n) is 14.9. The molecule has 2 aromatic rings. The molecule has 0 saturated carbocycles. The number of rotatable bonds is 3. The van der Waals surface area contributed by atoms with E-state index in [0.717, 1.165) is 19.6 Å². The second kappa shape index (κ2) is 11.1. The maximum Gasteiger partial charge on any atom is 0.253 e. The molecule has 2 rings (SSSR count). The molecule has 0 aliphatic heterocycles. The van der Waals surface area contributed by atoms with Crippen LogP contribution in [0.4, 0.5) is 0 Å². The summed E-state index contributed by atoms with van der Waals surface area (Å²) in [6.45, 7) is 17.9. The van der Waals surface area contributed by atoms with E-state index >= 15 is 0 Å². The van der Waals surface area contributed by atoms with Gasteiger partial charge in [0.15, 0.2) is 11.9 Å². The van der Waals surface area contributed by atoms with Gasteiger partial charge in [-0.3, -0.25) is 0 Å². The van der Waals surface area contributed by atoms with Crippen molar-refractivity contribution >= 4 is 0 Å². The molecule has 0 aliphatic carbocycles. The molecule has 0 atom stereocenters. The van der Waals surface area contributed by atoms with Crippen molar-refractivity contribution in [2.24, 2.45) is 0 Å². The van der Waals surface area contributed by atoms with Gasteiger partial charge in [0.05, 0.1) is 13.1 Å². The Hall–Kier alpha value is -1.64. The van der Waals surface area contributed by atoms with Gasteiger partial charge in [-0.1, -0.05) is 19.9 Å². The van der Waals surface area contributed by atoms with Gasteiger partial charge in [-0.05, 0) is 20.8 Å². The van der Waals surface area contributed by atoms with Crippen molar-refractivity contribution in [3.8, 4) is 0 Å². The number of hydrogen-bond acceptors (Lipinski definition) is 0. The molecule has 0 amide bonds. The van der Waals surface area contributed by atoms with Crippen LogP contribution in [-0.2, 0) is 19.6 Å². The Bertz CT molecular complexity index is 479. The van der Waals surface area contributed by atoms with Crippen molar-refractivity contribution < 1.29 is 9.13 Å². The molecule has 3 nitrogen and oxygen atoms in total. The fourth-order valence-corrected chi connectivity index (χ4v) is 2.13. The van der Waals surface area contributed by atoms with Crippen molar-refractivity contribution in [1.29, 1.82) is 0 Å². The van der Waals surface area contributed by atoms with E-state index in [4.69, 9.17) is 0 Å². The molecule has 0 spiro atoms. The van der Waals surface area contributed by atoms with Crippen molar-refractivity contribution in [1.82, 2.24) is 4.57 Å². The highest BCUT2D eigenvalue weighted by Crippen LogP contribution is 1.91. The molecular formula is C18H33N3+2. The SMILES string of the molecule is CC.CC[n+]1ccccc1C.CCn1cc[n+](CC)c1C. The van der Waals surface area contributed by atoms with E-state index in [1.807, 2.05) is 13.8 Å². The lowest BCUT2D eigenvalue weighted by atomic mass is 10.4. The molecule has 0 fully saturated rings. The molecule has 118 valence electrons. The Morgan fingerprint density at radius 2 is 1.52 bits per heavy atom. The molecule has 0 aliphatic rings. The Morgan fingerprint density at radius 1 is 0.905 bits per heavy atom. The van der Waals surface area contributed by atoms with Gasteiger partial charge in [-0.15, -0.1) is 0 Å². The van der Waals surface area contributed by atoms with E-state index < -0.39 is 0 Å². The molecule has 2 aromatic heterocycles. The highest BCUT2D eigenvalue weighted by molar-refractivity contribution is 4.93. The second-order valence-corrected chi connectivity index (χ2v) is 4.55. The molecule has 2 heterocycles. The van der Waals surface area contributed by atoms with Crippen LogP contribution in [0.3, 0.4) is 0 Å². The minimum absolute atomic E-state index is 1.06. The Kier molecular flexibility index (Phi) is 10.2. The first-order chi connectivity index (χ1) is 10.1. The number of pyridine rings is 1. The summed E-state index contributed by atoms with van der Waals surface area (Å²) in [7, 11) is 0. The molecule has 0 unspecified atom stereocenters. The Balaban J connectivity index is 0.000000342. The summed E-state index contributed by atoms with van der Waals surface area (Å²) in [6, 6.07) is 6.22. The summed E-state index contributed by atoms with van der Waals surface area (Å²) >= 11 is 0. The van der Waals surface area contributed by atoms with Gasteiger partial charge in [0.1, 0.15) is 18.9 Å². The van der Waals surface area contributed by atoms with Crippen LogP contribution < -0.4 is 9.13 Å². The van der Waals surface area contributed by atoms with Crippen molar-refractivity contribution in [2.45, 2.75) is 68.1 Å². The molecule has 0 radical (unpaired) electrons. The van der Waals surface area contributed by atoms with E-state index in [1.54, 1.807) is 0 Å². The highest BCUT2D eigenvalue weighted by atomic mass is 15.1. The molecule has 0 N–H and O–H groups in total. The predicted octanol–water partition coefficient (Wildman–Crippen LogP) is 3.45. The van der Waals surface area contributed by atoms with Crippen LogP contribution in [-0.4, -0.2) is 4.57 Å². The Morgan fingerprint density at radius 3 is 1.86 bits per heavy atom. The topological polar surface area (TPSA) is 12.7 Å². The van der Waals surface area contributed by atoms with Crippen molar-refractivity contribution in [3.05, 3.63) is 48.3 Å². The third-order valence-corrected chi connectivity index (χ3v) is 3.45. The minimum Gasteiger partial charge on any atom is -0.235 e. The molecular weight excluding hydrogens is 258 g/mol. The van der Waals surface area contributed by atoms with Crippen molar-refractivity contribution in [2.75, 3.05) is 0 Å². The normalized spacial score (nSPS) is 9.29. The number of imidazole rings is 1. The van der Waals surface area contributed by atoms with Crippen LogP contribution in [0.2, 0.25) is 0 Å². The molecule has 21 heavy (non-hydrogen) atoms. The van der Waals surface area contributed by atoms with E-state index in [2.05, 4.69) is 85.1 Å². The van der Waals surface area contributed by atoms with E-state index in [1.165, 1.54) is 11.5 Å². The summed E-state index contributed by atoms with van der Waals surface area (Å²) in [5.74, 6) is 1.34. The fourth-order valence-electron chi connectivity index (χ4n) is 2.13. The Labute approximate surface area is 130 Å². The van der Waals surface area contributed by atoms with Crippen LogP contribution in [0.15, 0.2) is 36.8 Å². The molecule has 0 bridgehead atoms. The predicted molar refractivity (Wildman–Crippen MR) is 89.1 cm³/mol. The zero-order valence-corrected chi connectivity index (χ0v) is 14.9. The number of hydrogen-bond donors (Lipinski definition) is 0. The minimum atomic E-state index is 1.06. The summed E-state index contributed by atoms with van der Waals surface area (Å²) in [6.07, 6.45) is 6.34. The van der Waals surface area contributed by atoms with Gasteiger partial charge in [0.25, 0.3) is 5.82 Å². The monoisotopic (exact) mass is 291 g/mol. The van der Waals surface area contributed by atoms with Crippen LogP contribution in [0.5, 0.6) is 0 Å². The number of nitrogens with zero attached hydrogens (tertiary/aromatic N) is 3. The zero-order chi connectivity index (χ0) is 16.3. The van der Waals surface area contributed by atoms with Gasteiger partial charge in [0.2, 0.25) is 0 Å². The molecule has 3 heteroatoms. The van der Waals surface area contributed by atoms with Gasteiger partial charge in [-0.2, -0.15) is 0 Å². The van der Waals surface area contributed by atoms with Gasteiger partial charge in [-0.25, -0.2) is 13.7 Å². The van der Waals surface area contributed by atoms with Crippen LogP contribution in [0, 0.1) is 13.8 Å². The van der Waals surface area contributed by atoms with Gasteiger partial charge < -0.3 is 0 Å². The van der Waals surface area contributed by atoms with Crippen molar-refractivity contribution in [3.63, 3.8) is 0 Å². The highest BCUT2D eigenvalue weighted by Gasteiger charge is 2.06. The second-order valence-electron chi connectivity index (χ2n) is 4.55. The summed E-state index contributed by atoms with van der Waals surface area (Å²) in [5.41, 5.74) is 1.32. The third-order valence-electron chi connectivity index (χ3n) is 3.45. The maximum absolute atomic E-state index is 2.24. The maximum atomic E-state index is 2.24. The number of aromatic nitrogens is 3. The van der Waals surface area contributed by atoms with Gasteiger partial charge in [0, 0.05) is 26.0 Å². The first-order valence-electron chi connectivity index (χ1n) is 8.14. The van der Waals surface area contributed by atoms with E-state index in [9.17, 15) is 0 Å². The summed E-state index contributed by atoms with van der Waals surface area (Å²) in [4.78, 5) is 0.